The number of hydrogen-bond donors (Lipinski definition) is 1. The van der Waals surface area contributed by atoms with Crippen LogP contribution >= 0.6 is 23.1 Å². The highest BCUT2D eigenvalue weighted by Gasteiger charge is 2.23. The number of carbonyl (C=O) groups is 2. The Bertz CT molecular complexity index is 522. The highest BCUT2D eigenvalue weighted by molar-refractivity contribution is 8.01. The molecule has 2 amide bonds. The van der Waals surface area contributed by atoms with Gasteiger partial charge in [-0.05, 0) is 20.8 Å². The van der Waals surface area contributed by atoms with Gasteiger partial charge in [0.1, 0.15) is 5.51 Å². The highest BCUT2D eigenvalue weighted by Crippen LogP contribution is 2.19. The lowest BCUT2D eigenvalue weighted by molar-refractivity contribution is -0.130. The van der Waals surface area contributed by atoms with E-state index in [1.54, 1.807) is 5.51 Å². The van der Waals surface area contributed by atoms with E-state index in [9.17, 15) is 9.59 Å². The number of nitrogens with zero attached hydrogens (tertiary/aromatic N) is 4. The molecule has 1 aromatic heterocycles. The van der Waals surface area contributed by atoms with Gasteiger partial charge in [0.2, 0.25) is 11.8 Å². The maximum absolute atomic E-state index is 12.2. The number of amides is 2. The van der Waals surface area contributed by atoms with Crippen LogP contribution < -0.4 is 5.32 Å². The topological polar surface area (TPSA) is 78.4 Å². The maximum Gasteiger partial charge on any atom is 0.234 e. The molecule has 7 nitrogen and oxygen atoms in total. The number of carbonyl (C=O) groups excluding carboxylic acids is 2. The van der Waals surface area contributed by atoms with E-state index in [1.807, 2.05) is 25.7 Å². The zero-order chi connectivity index (χ0) is 16.9. The fourth-order valence-corrected chi connectivity index (χ4v) is 3.65. The molecule has 1 aromatic rings. The average molecular weight is 358 g/mol. The lowest BCUT2D eigenvalue weighted by Crippen LogP contribution is -2.53. The smallest absolute Gasteiger partial charge is 0.234 e. The van der Waals surface area contributed by atoms with Crippen LogP contribution in [0.4, 0.5) is 0 Å². The number of hydrogen-bond acceptors (Lipinski definition) is 7. The fraction of sp³-hybridized carbons (Fsp3) is 0.714. The first-order valence-corrected chi connectivity index (χ1v) is 9.40. The van der Waals surface area contributed by atoms with E-state index in [-0.39, 0.29) is 17.4 Å². The molecule has 0 bridgehead atoms. The fourth-order valence-electron chi connectivity index (χ4n) is 2.26. The Kier molecular flexibility index (Phi) is 6.37. The number of nitrogens with one attached hydrogen (secondary N) is 1. The minimum absolute atomic E-state index is 0.0316. The van der Waals surface area contributed by atoms with E-state index in [2.05, 4.69) is 20.4 Å². The van der Waals surface area contributed by atoms with Gasteiger partial charge in [-0.25, -0.2) is 0 Å². The van der Waals surface area contributed by atoms with Gasteiger partial charge in [0.25, 0.3) is 0 Å². The van der Waals surface area contributed by atoms with Gasteiger partial charge in [0.15, 0.2) is 4.34 Å². The largest absolute Gasteiger partial charge is 0.350 e. The van der Waals surface area contributed by atoms with Crippen molar-refractivity contribution in [1.82, 2.24) is 25.3 Å². The van der Waals surface area contributed by atoms with Gasteiger partial charge in [0.05, 0.1) is 12.3 Å². The summed E-state index contributed by atoms with van der Waals surface area (Å²) in [4.78, 5) is 28.0. The standard InChI is InChI=1S/C14H23N5O2S2/c1-14(2,3)16-11(20)8-18-4-6-19(7-5-18)12(21)9-22-13-17-15-10-23-13/h10H,4-9H2,1-3H3,(H,16,20). The second-order valence-electron chi connectivity index (χ2n) is 6.45. The third-order valence-corrected chi connectivity index (χ3v) is 5.11. The monoisotopic (exact) mass is 357 g/mol. The molecule has 128 valence electrons. The molecular weight excluding hydrogens is 334 g/mol. The number of piperazine rings is 1. The third kappa shape index (κ3) is 6.44. The molecule has 1 aliphatic rings. The maximum atomic E-state index is 12.2. The predicted octanol–water partition coefficient (Wildman–Crippen LogP) is 0.689. The van der Waals surface area contributed by atoms with E-state index in [4.69, 9.17) is 0 Å². The van der Waals surface area contributed by atoms with E-state index in [0.717, 1.165) is 17.4 Å². The van der Waals surface area contributed by atoms with Crippen LogP contribution in [0.15, 0.2) is 9.85 Å². The summed E-state index contributed by atoms with van der Waals surface area (Å²) in [5.74, 6) is 0.535. The quantitative estimate of drug-likeness (QED) is 0.781. The van der Waals surface area contributed by atoms with Crippen molar-refractivity contribution in [3.63, 3.8) is 0 Å². The molecule has 0 aliphatic carbocycles. The van der Waals surface area contributed by atoms with Gasteiger partial charge >= 0.3 is 0 Å². The third-order valence-electron chi connectivity index (χ3n) is 3.27. The van der Waals surface area contributed by atoms with Crippen LogP contribution in [-0.2, 0) is 9.59 Å². The molecule has 9 heteroatoms. The summed E-state index contributed by atoms with van der Waals surface area (Å²) in [5, 5.41) is 10.6. The van der Waals surface area contributed by atoms with Crippen molar-refractivity contribution in [2.45, 2.75) is 30.6 Å². The molecule has 0 spiro atoms. The molecule has 2 heterocycles. The van der Waals surface area contributed by atoms with Crippen LogP contribution in [0.25, 0.3) is 0 Å². The summed E-state index contributed by atoms with van der Waals surface area (Å²) in [5.41, 5.74) is 1.45. The number of thioether (sulfide) groups is 1. The Labute approximate surface area is 144 Å². The van der Waals surface area contributed by atoms with Gasteiger partial charge < -0.3 is 10.2 Å². The van der Waals surface area contributed by atoms with Crippen molar-refractivity contribution < 1.29 is 9.59 Å². The zero-order valence-corrected chi connectivity index (χ0v) is 15.4. The normalized spacial score (nSPS) is 16.4. The van der Waals surface area contributed by atoms with Crippen molar-refractivity contribution in [1.29, 1.82) is 0 Å². The predicted molar refractivity (Wildman–Crippen MR) is 91.5 cm³/mol. The molecule has 0 unspecified atom stereocenters. The minimum atomic E-state index is -0.212. The molecule has 1 saturated heterocycles. The molecule has 1 aliphatic heterocycles. The van der Waals surface area contributed by atoms with Gasteiger partial charge in [0, 0.05) is 31.7 Å². The van der Waals surface area contributed by atoms with Crippen molar-refractivity contribution in [3.05, 3.63) is 5.51 Å². The molecule has 0 radical (unpaired) electrons. The van der Waals surface area contributed by atoms with Gasteiger partial charge in [-0.3, -0.25) is 14.5 Å². The van der Waals surface area contributed by atoms with Crippen molar-refractivity contribution in [3.8, 4) is 0 Å². The molecule has 0 saturated carbocycles. The molecule has 0 aromatic carbocycles. The van der Waals surface area contributed by atoms with Gasteiger partial charge in [-0.2, -0.15) is 0 Å². The summed E-state index contributed by atoms with van der Waals surface area (Å²) < 4.78 is 0.816. The second kappa shape index (κ2) is 8.07. The lowest BCUT2D eigenvalue weighted by Gasteiger charge is -2.34. The average Bonchev–Trinajstić information content (AvgIpc) is 2.96. The number of rotatable bonds is 5. The first-order valence-electron chi connectivity index (χ1n) is 7.53. The van der Waals surface area contributed by atoms with Crippen LogP contribution in [0, 0.1) is 0 Å². The van der Waals surface area contributed by atoms with Crippen molar-refractivity contribution in [2.75, 3.05) is 38.5 Å². The summed E-state index contributed by atoms with van der Waals surface area (Å²) in [6, 6.07) is 0. The van der Waals surface area contributed by atoms with E-state index >= 15 is 0 Å². The SMILES string of the molecule is CC(C)(C)NC(=O)CN1CCN(C(=O)CSc2nncs2)CC1. The lowest BCUT2D eigenvalue weighted by atomic mass is 10.1. The second-order valence-corrected chi connectivity index (χ2v) is 8.50. The Morgan fingerprint density at radius 3 is 2.57 bits per heavy atom. The van der Waals surface area contributed by atoms with Crippen LogP contribution in [0.3, 0.4) is 0 Å². The Morgan fingerprint density at radius 1 is 1.30 bits per heavy atom. The Hall–Kier alpha value is -1.19. The van der Waals surface area contributed by atoms with Crippen molar-refractivity contribution in [2.24, 2.45) is 0 Å². The van der Waals surface area contributed by atoms with Gasteiger partial charge in [-0.15, -0.1) is 10.2 Å². The summed E-state index contributed by atoms with van der Waals surface area (Å²) in [6.45, 7) is 9.08. The first-order chi connectivity index (χ1) is 10.8. The van der Waals surface area contributed by atoms with Crippen LogP contribution in [-0.4, -0.2) is 75.8 Å². The van der Waals surface area contributed by atoms with E-state index in [1.165, 1.54) is 23.1 Å². The molecule has 23 heavy (non-hydrogen) atoms. The Morgan fingerprint density at radius 2 is 2.00 bits per heavy atom. The summed E-state index contributed by atoms with van der Waals surface area (Å²) in [7, 11) is 0. The summed E-state index contributed by atoms with van der Waals surface area (Å²) >= 11 is 2.86. The van der Waals surface area contributed by atoms with Crippen LogP contribution in [0.5, 0.6) is 0 Å². The van der Waals surface area contributed by atoms with Crippen LogP contribution in [0.2, 0.25) is 0 Å². The zero-order valence-electron chi connectivity index (χ0n) is 13.7. The molecule has 0 atom stereocenters. The van der Waals surface area contributed by atoms with E-state index < -0.39 is 0 Å². The molecule has 2 rings (SSSR count). The van der Waals surface area contributed by atoms with Gasteiger partial charge in [-0.1, -0.05) is 23.1 Å². The Balaban J connectivity index is 1.69. The first kappa shape index (κ1) is 18.2. The number of aromatic nitrogens is 2. The van der Waals surface area contributed by atoms with Crippen LogP contribution in [0.1, 0.15) is 20.8 Å². The minimum Gasteiger partial charge on any atom is -0.350 e. The highest BCUT2D eigenvalue weighted by atomic mass is 32.2. The molecule has 1 N–H and O–H groups in total. The van der Waals surface area contributed by atoms with Crippen molar-refractivity contribution >= 4 is 34.9 Å². The molecular formula is C14H23N5O2S2. The van der Waals surface area contributed by atoms with E-state index in [0.29, 0.717) is 25.4 Å². The summed E-state index contributed by atoms with van der Waals surface area (Å²) in [6.07, 6.45) is 0. The molecule has 1 fully saturated rings.